The van der Waals surface area contributed by atoms with Crippen LogP contribution in [0.25, 0.3) is 0 Å². The van der Waals surface area contributed by atoms with Crippen molar-refractivity contribution in [3.05, 3.63) is 22.4 Å². The fourth-order valence-electron chi connectivity index (χ4n) is 1.91. The number of carboxylic acids is 1. The van der Waals surface area contributed by atoms with Gasteiger partial charge in [-0.25, -0.2) is 4.79 Å². The summed E-state index contributed by atoms with van der Waals surface area (Å²) in [6.07, 6.45) is -0.0776. The molecule has 6 heteroatoms. The lowest BCUT2D eigenvalue weighted by Crippen LogP contribution is -2.50. The van der Waals surface area contributed by atoms with Crippen molar-refractivity contribution >= 4 is 23.3 Å². The monoisotopic (exact) mass is 312 g/mol. The number of carbonyl (C=O) groups excluding carboxylic acids is 1. The molecule has 0 saturated carbocycles. The third-order valence-corrected chi connectivity index (χ3v) is 4.18. The molecular weight excluding hydrogens is 288 g/mol. The van der Waals surface area contributed by atoms with Gasteiger partial charge in [0.05, 0.1) is 13.0 Å². The fraction of sp³-hybridized carbons (Fsp3) is 0.600. The molecule has 0 saturated heterocycles. The van der Waals surface area contributed by atoms with Gasteiger partial charge in [-0.3, -0.25) is 4.79 Å². The fourth-order valence-corrected chi connectivity index (χ4v) is 2.63. The number of nitrogens with one attached hydrogen (secondary N) is 1. The summed E-state index contributed by atoms with van der Waals surface area (Å²) in [5.41, 5.74) is -0.309. The highest BCUT2D eigenvalue weighted by atomic mass is 32.1. The Labute approximate surface area is 130 Å². The molecule has 21 heavy (non-hydrogen) atoms. The normalized spacial score (nSPS) is 12.8. The Morgan fingerprint density at radius 1 is 1.43 bits per heavy atom. The lowest BCUT2D eigenvalue weighted by molar-refractivity contribution is -0.138. The van der Waals surface area contributed by atoms with Crippen molar-refractivity contribution in [2.75, 3.05) is 6.54 Å². The highest BCUT2D eigenvalue weighted by Crippen LogP contribution is 2.22. The molecule has 0 bridgehead atoms. The van der Waals surface area contributed by atoms with E-state index in [0.717, 1.165) is 4.88 Å². The lowest BCUT2D eigenvalue weighted by atomic mass is 9.85. The van der Waals surface area contributed by atoms with E-state index in [9.17, 15) is 9.59 Å². The van der Waals surface area contributed by atoms with Gasteiger partial charge in [-0.2, -0.15) is 0 Å². The molecular formula is C15H24N2O3S. The van der Waals surface area contributed by atoms with Gasteiger partial charge in [0, 0.05) is 17.5 Å². The smallest absolute Gasteiger partial charge is 0.317 e. The zero-order chi connectivity index (χ0) is 16.0. The topological polar surface area (TPSA) is 69.6 Å². The number of nitrogens with zero attached hydrogens (tertiary/aromatic N) is 1. The van der Waals surface area contributed by atoms with Crippen LogP contribution in [-0.4, -0.2) is 34.6 Å². The second-order valence-electron chi connectivity index (χ2n) is 6.06. The average molecular weight is 312 g/mol. The molecule has 5 nitrogen and oxygen atoms in total. The van der Waals surface area contributed by atoms with Crippen LogP contribution >= 0.6 is 11.3 Å². The maximum absolute atomic E-state index is 12.4. The summed E-state index contributed by atoms with van der Waals surface area (Å²) in [5, 5.41) is 13.8. The molecule has 1 rings (SSSR count). The van der Waals surface area contributed by atoms with Gasteiger partial charge < -0.3 is 15.3 Å². The Kier molecular flexibility index (Phi) is 6.20. The van der Waals surface area contributed by atoms with Gasteiger partial charge in [-0.05, 0) is 23.8 Å². The molecule has 2 N–H and O–H groups in total. The Bertz CT molecular complexity index is 466. The summed E-state index contributed by atoms with van der Waals surface area (Å²) in [6, 6.07) is 3.32. The summed E-state index contributed by atoms with van der Waals surface area (Å²) in [6.45, 7) is 8.82. The Balaban J connectivity index is 2.72. The third kappa shape index (κ3) is 5.75. The quantitative estimate of drug-likeness (QED) is 0.847. The number of thiophene rings is 1. The summed E-state index contributed by atoms with van der Waals surface area (Å²) >= 11 is 1.60. The summed E-state index contributed by atoms with van der Waals surface area (Å²) in [4.78, 5) is 26.1. The van der Waals surface area contributed by atoms with E-state index in [0.29, 0.717) is 13.1 Å². The molecule has 0 spiro atoms. The number of urea groups is 1. The second kappa shape index (κ2) is 7.45. The van der Waals surface area contributed by atoms with E-state index in [-0.39, 0.29) is 17.9 Å². The predicted molar refractivity (Wildman–Crippen MR) is 84.4 cm³/mol. The molecule has 1 aromatic heterocycles. The minimum absolute atomic E-state index is 0.0776. The highest BCUT2D eigenvalue weighted by Gasteiger charge is 2.29. The van der Waals surface area contributed by atoms with E-state index < -0.39 is 12.0 Å². The standard InChI is InChI=1S/C15H24N2O3S/c1-5-17(10-11-7-6-8-21-11)14(20)16-12(9-13(18)19)15(2,3)4/h6-8,12H,5,9-10H2,1-4H3,(H,16,20)(H,18,19). The first-order valence-electron chi connectivity index (χ1n) is 7.03. The third-order valence-electron chi connectivity index (χ3n) is 3.32. The van der Waals surface area contributed by atoms with E-state index in [4.69, 9.17) is 5.11 Å². The van der Waals surface area contributed by atoms with Crippen molar-refractivity contribution < 1.29 is 14.7 Å². The van der Waals surface area contributed by atoms with E-state index in [1.54, 1.807) is 16.2 Å². The van der Waals surface area contributed by atoms with Gasteiger partial charge >= 0.3 is 12.0 Å². The molecule has 1 atom stereocenters. The van der Waals surface area contributed by atoms with Crippen molar-refractivity contribution in [2.24, 2.45) is 5.41 Å². The van der Waals surface area contributed by atoms with Crippen molar-refractivity contribution in [1.29, 1.82) is 0 Å². The first-order chi connectivity index (χ1) is 9.74. The highest BCUT2D eigenvalue weighted by molar-refractivity contribution is 7.09. The van der Waals surface area contributed by atoms with Crippen LogP contribution in [0.1, 0.15) is 39.0 Å². The van der Waals surface area contributed by atoms with E-state index >= 15 is 0 Å². The average Bonchev–Trinajstić information content (AvgIpc) is 2.86. The molecule has 1 heterocycles. The van der Waals surface area contributed by atoms with Crippen molar-refractivity contribution in [3.8, 4) is 0 Å². The summed E-state index contributed by atoms with van der Waals surface area (Å²) < 4.78 is 0. The van der Waals surface area contributed by atoms with E-state index in [2.05, 4.69) is 5.32 Å². The van der Waals surface area contributed by atoms with Gasteiger partial charge in [-0.1, -0.05) is 26.8 Å². The molecule has 1 aromatic rings. The number of aliphatic carboxylic acids is 1. The molecule has 1 unspecified atom stereocenters. The Hall–Kier alpha value is -1.56. The van der Waals surface area contributed by atoms with Crippen molar-refractivity contribution in [1.82, 2.24) is 10.2 Å². The number of hydrogen-bond donors (Lipinski definition) is 2. The largest absolute Gasteiger partial charge is 0.481 e. The minimum atomic E-state index is -0.906. The van der Waals surface area contributed by atoms with Gasteiger partial charge in [0.15, 0.2) is 0 Å². The zero-order valence-corrected chi connectivity index (χ0v) is 13.9. The van der Waals surface area contributed by atoms with Crippen LogP contribution in [0.5, 0.6) is 0 Å². The van der Waals surface area contributed by atoms with Gasteiger partial charge in [0.1, 0.15) is 0 Å². The molecule has 118 valence electrons. The molecule has 0 fully saturated rings. The number of rotatable bonds is 6. The van der Waals surface area contributed by atoms with Crippen LogP contribution in [0.2, 0.25) is 0 Å². The van der Waals surface area contributed by atoms with Gasteiger partial charge in [0.2, 0.25) is 0 Å². The molecule has 0 aliphatic rings. The number of carboxylic acid groups (broad SMARTS) is 1. The Morgan fingerprint density at radius 3 is 2.52 bits per heavy atom. The SMILES string of the molecule is CCN(Cc1cccs1)C(=O)NC(CC(=O)O)C(C)(C)C. The molecule has 0 aromatic carbocycles. The van der Waals surface area contributed by atoms with Crippen LogP contribution in [0.4, 0.5) is 4.79 Å². The number of amides is 2. The first kappa shape index (κ1) is 17.5. The first-order valence-corrected chi connectivity index (χ1v) is 7.91. The van der Waals surface area contributed by atoms with Crippen LogP contribution < -0.4 is 5.32 Å². The van der Waals surface area contributed by atoms with Gasteiger partial charge in [-0.15, -0.1) is 11.3 Å². The Morgan fingerprint density at radius 2 is 2.10 bits per heavy atom. The van der Waals surface area contributed by atoms with Crippen molar-refractivity contribution in [2.45, 2.75) is 46.7 Å². The molecule has 0 radical (unpaired) electrons. The number of hydrogen-bond acceptors (Lipinski definition) is 3. The predicted octanol–water partition coefficient (Wildman–Crippen LogP) is 3.17. The second-order valence-corrected chi connectivity index (χ2v) is 7.09. The zero-order valence-electron chi connectivity index (χ0n) is 13.0. The maximum Gasteiger partial charge on any atom is 0.317 e. The van der Waals surface area contributed by atoms with Crippen LogP contribution in [-0.2, 0) is 11.3 Å². The summed E-state index contributed by atoms with van der Waals surface area (Å²) in [7, 11) is 0. The van der Waals surface area contributed by atoms with E-state index in [1.165, 1.54) is 0 Å². The maximum atomic E-state index is 12.4. The van der Waals surface area contributed by atoms with Crippen LogP contribution in [0, 0.1) is 5.41 Å². The van der Waals surface area contributed by atoms with Crippen LogP contribution in [0.15, 0.2) is 17.5 Å². The number of carbonyl (C=O) groups is 2. The molecule has 2 amide bonds. The molecule has 0 aliphatic carbocycles. The van der Waals surface area contributed by atoms with Crippen molar-refractivity contribution in [3.63, 3.8) is 0 Å². The van der Waals surface area contributed by atoms with Gasteiger partial charge in [0.25, 0.3) is 0 Å². The van der Waals surface area contributed by atoms with E-state index in [1.807, 2.05) is 45.2 Å². The molecule has 0 aliphatic heterocycles. The summed E-state index contributed by atoms with van der Waals surface area (Å²) in [5.74, 6) is -0.906. The minimum Gasteiger partial charge on any atom is -0.481 e. The lowest BCUT2D eigenvalue weighted by Gasteiger charge is -2.32. The van der Waals surface area contributed by atoms with Crippen LogP contribution in [0.3, 0.4) is 0 Å².